The van der Waals surface area contributed by atoms with Gasteiger partial charge in [0.1, 0.15) is 0 Å². The van der Waals surface area contributed by atoms with Gasteiger partial charge in [-0.2, -0.15) is 0 Å². The summed E-state index contributed by atoms with van der Waals surface area (Å²) in [6.45, 7) is 0. The molecule has 0 aromatic heterocycles. The van der Waals surface area contributed by atoms with E-state index in [-0.39, 0.29) is 58.8 Å². The molecule has 0 spiro atoms. The zero-order valence-electron chi connectivity index (χ0n) is 38.8. The highest BCUT2D eigenvalue weighted by Gasteiger charge is 2.17. The highest BCUT2D eigenvalue weighted by molar-refractivity contribution is 6.04. The third-order valence-corrected chi connectivity index (χ3v) is 10.4. The number of anilines is 3. The normalized spacial score (nSPS) is 13.1. The molecule has 0 atom stereocenters. The lowest BCUT2D eigenvalue weighted by molar-refractivity contribution is 1.28. The minimum atomic E-state index is -0.453. The first-order chi connectivity index (χ1) is 31.6. The van der Waals surface area contributed by atoms with Gasteiger partial charge in [-0.15, -0.1) is 0 Å². The van der Waals surface area contributed by atoms with Crippen molar-refractivity contribution < 1.29 is 11.0 Å². The number of hydrogen-bond donors (Lipinski definition) is 0. The van der Waals surface area contributed by atoms with Crippen molar-refractivity contribution in [1.29, 1.82) is 0 Å². The zero-order valence-corrected chi connectivity index (χ0v) is 30.8. The molecular formula is C56H39N. The molecule has 0 aliphatic rings. The summed E-state index contributed by atoms with van der Waals surface area (Å²) >= 11 is 0. The molecule has 1 heteroatoms. The summed E-state index contributed by atoms with van der Waals surface area (Å²) in [5.41, 5.74) is 6.98. The molecule has 0 heterocycles. The summed E-state index contributed by atoms with van der Waals surface area (Å²) in [7, 11) is 0. The van der Waals surface area contributed by atoms with Crippen LogP contribution in [0.3, 0.4) is 0 Å². The van der Waals surface area contributed by atoms with Crippen LogP contribution in [0, 0.1) is 0 Å². The summed E-state index contributed by atoms with van der Waals surface area (Å²) < 4.78 is 76.0. The monoisotopic (exact) mass is 733 g/mol. The van der Waals surface area contributed by atoms with E-state index in [1.165, 1.54) is 4.90 Å². The van der Waals surface area contributed by atoms with E-state index in [0.29, 0.717) is 16.8 Å². The van der Waals surface area contributed by atoms with Crippen molar-refractivity contribution in [3.05, 3.63) is 236 Å². The molecule has 0 fully saturated rings. The topological polar surface area (TPSA) is 3.24 Å². The van der Waals surface area contributed by atoms with Gasteiger partial charge in [-0.25, -0.2) is 0 Å². The average Bonchev–Trinajstić information content (AvgIpc) is 3.35. The van der Waals surface area contributed by atoms with Crippen molar-refractivity contribution in [3.63, 3.8) is 0 Å². The molecule has 10 aromatic carbocycles. The predicted octanol–water partition coefficient (Wildman–Crippen LogP) is 15.8. The minimum Gasteiger partial charge on any atom is -0.310 e. The molecule has 0 aliphatic carbocycles. The smallest absolute Gasteiger partial charge is 0.0651 e. The van der Waals surface area contributed by atoms with Crippen LogP contribution in [-0.2, 0) is 0 Å². The molecule has 10 rings (SSSR count). The quantitative estimate of drug-likeness (QED) is 0.150. The van der Waals surface area contributed by atoms with Crippen LogP contribution in [0.1, 0.15) is 11.0 Å². The number of fused-ring (bicyclic) bond motifs is 2. The Kier molecular flexibility index (Phi) is 6.92. The molecule has 0 amide bonds. The Morgan fingerprint density at radius 3 is 1.67 bits per heavy atom. The SMILES string of the molecule is [2H]c1c([2H])c(-c2cccc3ccccc23)c([2H])c(N(c2ccc(-c3ccc4ccccc4c3-c3ccccc3)cc2)c2c([2H])c([2H])c(-c3cccc(-c4ccccc4)c3)c([2H])c2[2H])c1[2H]. The standard InChI is InChI=1S/C56H39N/c1-3-14-40(15-4-1)46-21-11-22-47(38-46)41-28-33-49(34-29-41)57(51-24-12-23-48(39-51)53-27-13-20-42-16-7-9-25-52(42)53)50-35-30-44(31-36-50)55-37-32-43-17-8-10-26-54(43)56(55)45-18-5-2-6-19-45/h1-39H/i12D,23D,24D,28D,29D,33D,34D,39D. The van der Waals surface area contributed by atoms with E-state index in [2.05, 4.69) is 36.4 Å². The van der Waals surface area contributed by atoms with Gasteiger partial charge < -0.3 is 4.90 Å². The molecule has 10 aromatic rings. The van der Waals surface area contributed by atoms with Crippen LogP contribution >= 0.6 is 0 Å². The predicted molar refractivity (Wildman–Crippen MR) is 243 cm³/mol. The highest BCUT2D eigenvalue weighted by atomic mass is 15.1. The maximum Gasteiger partial charge on any atom is 0.0651 e. The molecule has 0 bridgehead atoms. The molecule has 1 nitrogen and oxygen atoms in total. The first-order valence-corrected chi connectivity index (χ1v) is 18.9. The Morgan fingerprint density at radius 2 is 0.912 bits per heavy atom. The van der Waals surface area contributed by atoms with Gasteiger partial charge >= 0.3 is 0 Å². The van der Waals surface area contributed by atoms with Gasteiger partial charge in [0.2, 0.25) is 0 Å². The number of hydrogen-bond acceptors (Lipinski definition) is 1. The van der Waals surface area contributed by atoms with Crippen molar-refractivity contribution in [2.24, 2.45) is 0 Å². The van der Waals surface area contributed by atoms with Crippen LogP contribution in [0.5, 0.6) is 0 Å². The molecule has 0 radical (unpaired) electrons. The summed E-state index contributed by atoms with van der Waals surface area (Å²) in [6, 6.07) is 57.4. The maximum absolute atomic E-state index is 9.89. The molecule has 0 saturated heterocycles. The molecule has 0 saturated carbocycles. The Labute approximate surface area is 345 Å². The Hall–Kier alpha value is -7.48. The Morgan fingerprint density at radius 1 is 0.316 bits per heavy atom. The lowest BCUT2D eigenvalue weighted by Crippen LogP contribution is -2.10. The largest absolute Gasteiger partial charge is 0.310 e. The molecule has 0 N–H and O–H groups in total. The number of benzene rings is 10. The summed E-state index contributed by atoms with van der Waals surface area (Å²) in [5, 5.41) is 3.80. The van der Waals surface area contributed by atoms with Crippen molar-refractivity contribution in [3.8, 4) is 55.6 Å². The lowest BCUT2D eigenvalue weighted by atomic mass is 9.90. The van der Waals surface area contributed by atoms with Gasteiger partial charge in [-0.1, -0.05) is 194 Å². The third kappa shape index (κ3) is 6.66. The zero-order chi connectivity index (χ0) is 44.9. The van der Waals surface area contributed by atoms with Crippen molar-refractivity contribution >= 4 is 38.6 Å². The Bertz CT molecular complexity index is 3430. The van der Waals surface area contributed by atoms with E-state index in [9.17, 15) is 11.0 Å². The summed E-state index contributed by atoms with van der Waals surface area (Å²) in [6.07, 6.45) is 0. The van der Waals surface area contributed by atoms with Gasteiger partial charge in [0.15, 0.2) is 0 Å². The lowest BCUT2D eigenvalue weighted by Gasteiger charge is -2.27. The Balaban J connectivity index is 1.22. The van der Waals surface area contributed by atoms with Crippen LogP contribution in [0.4, 0.5) is 17.1 Å². The van der Waals surface area contributed by atoms with Gasteiger partial charge in [-0.05, 0) is 120 Å². The van der Waals surface area contributed by atoms with Crippen LogP contribution in [-0.4, -0.2) is 0 Å². The fourth-order valence-corrected chi connectivity index (χ4v) is 7.66. The van der Waals surface area contributed by atoms with Crippen molar-refractivity contribution in [2.45, 2.75) is 0 Å². The van der Waals surface area contributed by atoms with E-state index in [1.54, 1.807) is 24.3 Å². The maximum atomic E-state index is 9.89. The number of rotatable bonds is 8. The van der Waals surface area contributed by atoms with E-state index in [1.807, 2.05) is 127 Å². The second-order valence-corrected chi connectivity index (χ2v) is 13.9. The molecular weight excluding hydrogens is 687 g/mol. The van der Waals surface area contributed by atoms with Crippen LogP contribution in [0.25, 0.3) is 77.2 Å². The van der Waals surface area contributed by atoms with E-state index in [0.717, 1.165) is 54.9 Å². The van der Waals surface area contributed by atoms with Crippen LogP contribution in [0.2, 0.25) is 0 Å². The van der Waals surface area contributed by atoms with Gasteiger partial charge in [0.25, 0.3) is 0 Å². The average molecular weight is 734 g/mol. The fraction of sp³-hybridized carbons (Fsp3) is 0. The van der Waals surface area contributed by atoms with Crippen LogP contribution in [0.15, 0.2) is 236 Å². The van der Waals surface area contributed by atoms with Gasteiger partial charge in [0, 0.05) is 17.1 Å². The molecule has 57 heavy (non-hydrogen) atoms. The second kappa shape index (κ2) is 15.0. The highest BCUT2D eigenvalue weighted by Crippen LogP contribution is 2.42. The van der Waals surface area contributed by atoms with E-state index >= 15 is 0 Å². The first-order valence-electron chi connectivity index (χ1n) is 22.9. The van der Waals surface area contributed by atoms with Crippen molar-refractivity contribution in [1.82, 2.24) is 0 Å². The minimum absolute atomic E-state index is 0.109. The van der Waals surface area contributed by atoms with Crippen molar-refractivity contribution in [2.75, 3.05) is 4.90 Å². The summed E-state index contributed by atoms with van der Waals surface area (Å²) in [5.74, 6) is 0. The molecule has 0 unspecified atom stereocenters. The molecule has 268 valence electrons. The molecule has 0 aliphatic heterocycles. The van der Waals surface area contributed by atoms with E-state index < -0.39 is 12.1 Å². The first kappa shape index (κ1) is 26.3. The van der Waals surface area contributed by atoms with Crippen LogP contribution < -0.4 is 4.90 Å². The fourth-order valence-electron chi connectivity index (χ4n) is 7.66. The second-order valence-electron chi connectivity index (χ2n) is 13.9. The summed E-state index contributed by atoms with van der Waals surface area (Å²) in [4.78, 5) is 1.41. The van der Waals surface area contributed by atoms with Gasteiger partial charge in [0.05, 0.1) is 11.0 Å². The van der Waals surface area contributed by atoms with E-state index in [4.69, 9.17) is 0 Å². The van der Waals surface area contributed by atoms with Gasteiger partial charge in [-0.3, -0.25) is 0 Å². The third-order valence-electron chi connectivity index (χ3n) is 10.4. The number of nitrogens with zero attached hydrogens (tertiary/aromatic N) is 1.